The Morgan fingerprint density at radius 1 is 1.21 bits per heavy atom. The molecule has 0 fully saturated rings. The van der Waals surface area contributed by atoms with E-state index in [4.69, 9.17) is 0 Å². The molecule has 3 aromatic rings. The van der Waals surface area contributed by atoms with Crippen LogP contribution in [0.4, 0.5) is 5.69 Å². The number of likely N-dealkylation sites (N-methyl/N-ethyl adjacent to an activating group) is 1. The first-order chi connectivity index (χ1) is 11.6. The summed E-state index contributed by atoms with van der Waals surface area (Å²) in [7, 11) is 2.03. The van der Waals surface area contributed by atoms with Gasteiger partial charge in [0.25, 0.3) is 5.91 Å². The smallest absolute Gasteiger partial charge is 0.271 e. The molecule has 0 saturated heterocycles. The van der Waals surface area contributed by atoms with Gasteiger partial charge in [-0.15, -0.1) is 0 Å². The molecule has 5 nitrogen and oxygen atoms in total. The van der Waals surface area contributed by atoms with Crippen molar-refractivity contribution in [2.75, 3.05) is 18.5 Å². The number of fused-ring (bicyclic) bond motifs is 1. The van der Waals surface area contributed by atoms with Crippen LogP contribution in [0.25, 0.3) is 5.65 Å². The lowest BCUT2D eigenvalue weighted by atomic mass is 10.2. The number of imidazole rings is 1. The van der Waals surface area contributed by atoms with Crippen molar-refractivity contribution in [3.63, 3.8) is 0 Å². The molecule has 0 unspecified atom stereocenters. The first-order valence-corrected chi connectivity index (χ1v) is 8.07. The van der Waals surface area contributed by atoms with E-state index in [1.54, 1.807) is 6.20 Å². The number of benzene rings is 1. The molecule has 124 valence electrons. The number of aromatic nitrogens is 2. The lowest BCUT2D eigenvalue weighted by Crippen LogP contribution is -2.40. The number of rotatable bonds is 5. The van der Waals surface area contributed by atoms with Gasteiger partial charge in [0.05, 0.1) is 0 Å². The van der Waals surface area contributed by atoms with Crippen LogP contribution in [0.2, 0.25) is 0 Å². The number of pyridine rings is 1. The molecule has 24 heavy (non-hydrogen) atoms. The quantitative estimate of drug-likeness (QED) is 0.786. The van der Waals surface area contributed by atoms with Gasteiger partial charge in [0.15, 0.2) is 0 Å². The fourth-order valence-corrected chi connectivity index (χ4v) is 2.64. The molecular formula is C19H22N4O. The summed E-state index contributed by atoms with van der Waals surface area (Å²) in [5, 5.41) is 2.97. The summed E-state index contributed by atoms with van der Waals surface area (Å²) in [6.07, 6.45) is 1.78. The zero-order chi connectivity index (χ0) is 17.1. The first-order valence-electron chi connectivity index (χ1n) is 8.07. The molecule has 0 saturated carbocycles. The monoisotopic (exact) mass is 322 g/mol. The van der Waals surface area contributed by atoms with E-state index in [0.717, 1.165) is 17.0 Å². The molecule has 0 aliphatic carbocycles. The van der Waals surface area contributed by atoms with Gasteiger partial charge in [0.2, 0.25) is 0 Å². The Hall–Kier alpha value is -2.82. The van der Waals surface area contributed by atoms with Gasteiger partial charge < -0.3 is 14.6 Å². The van der Waals surface area contributed by atoms with Crippen molar-refractivity contribution in [1.29, 1.82) is 0 Å². The molecule has 0 aliphatic rings. The van der Waals surface area contributed by atoms with Gasteiger partial charge >= 0.3 is 0 Å². The van der Waals surface area contributed by atoms with Crippen LogP contribution in [0, 0.1) is 6.92 Å². The van der Waals surface area contributed by atoms with Crippen LogP contribution >= 0.6 is 0 Å². The molecule has 0 spiro atoms. The topological polar surface area (TPSA) is 49.6 Å². The number of hydrogen-bond donors (Lipinski definition) is 1. The predicted octanol–water partition coefficient (Wildman–Crippen LogP) is 2.90. The van der Waals surface area contributed by atoms with Gasteiger partial charge in [-0.1, -0.05) is 24.3 Å². The molecule has 1 aromatic carbocycles. The van der Waals surface area contributed by atoms with Gasteiger partial charge in [-0.25, -0.2) is 4.98 Å². The van der Waals surface area contributed by atoms with Crippen LogP contribution in [0.1, 0.15) is 23.1 Å². The number of carbonyl (C=O) groups is 1. The summed E-state index contributed by atoms with van der Waals surface area (Å²) in [5.41, 5.74) is 3.41. The lowest BCUT2D eigenvalue weighted by molar-refractivity contribution is 0.0947. The maximum absolute atomic E-state index is 12.4. The zero-order valence-corrected chi connectivity index (χ0v) is 14.2. The Kier molecular flexibility index (Phi) is 4.51. The molecule has 2 aromatic heterocycles. The Labute approximate surface area is 141 Å². The number of nitrogens with zero attached hydrogens (tertiary/aromatic N) is 3. The SMILES string of the molecule is Cc1cccc2nc(C(=O)NC[C@H](C)N(C)c3ccccc3)cn12. The van der Waals surface area contributed by atoms with E-state index in [1.807, 2.05) is 54.8 Å². The van der Waals surface area contributed by atoms with Crippen molar-refractivity contribution in [2.24, 2.45) is 0 Å². The van der Waals surface area contributed by atoms with E-state index in [9.17, 15) is 4.79 Å². The average molecular weight is 322 g/mol. The van der Waals surface area contributed by atoms with Crippen molar-refractivity contribution < 1.29 is 4.79 Å². The third-order valence-corrected chi connectivity index (χ3v) is 4.31. The lowest BCUT2D eigenvalue weighted by Gasteiger charge is -2.27. The predicted molar refractivity (Wildman–Crippen MR) is 96.6 cm³/mol. The van der Waals surface area contributed by atoms with Gasteiger partial charge in [0.1, 0.15) is 11.3 Å². The summed E-state index contributed by atoms with van der Waals surface area (Å²) < 4.78 is 1.93. The number of hydrogen-bond acceptors (Lipinski definition) is 3. The van der Waals surface area contributed by atoms with Crippen molar-refractivity contribution in [3.8, 4) is 0 Å². The molecule has 0 bridgehead atoms. The van der Waals surface area contributed by atoms with Crippen LogP contribution in [0.3, 0.4) is 0 Å². The molecule has 1 amide bonds. The standard InChI is InChI=1S/C19H22N4O/c1-14-8-7-11-18-21-17(13-23(14)18)19(24)20-12-15(2)22(3)16-9-5-4-6-10-16/h4-11,13,15H,12H2,1-3H3,(H,20,24)/t15-/m0/s1. The molecular weight excluding hydrogens is 300 g/mol. The zero-order valence-electron chi connectivity index (χ0n) is 14.2. The molecule has 1 atom stereocenters. The normalized spacial score (nSPS) is 12.1. The summed E-state index contributed by atoms with van der Waals surface area (Å²) in [4.78, 5) is 18.9. The molecule has 5 heteroatoms. The third-order valence-electron chi connectivity index (χ3n) is 4.31. The second kappa shape index (κ2) is 6.74. The molecule has 1 N–H and O–H groups in total. The number of nitrogens with one attached hydrogen (secondary N) is 1. The number of anilines is 1. The molecule has 0 radical (unpaired) electrons. The van der Waals surface area contributed by atoms with Crippen LogP contribution < -0.4 is 10.2 Å². The number of para-hydroxylation sites is 1. The molecule has 3 rings (SSSR count). The number of carbonyl (C=O) groups excluding carboxylic acids is 1. The molecule has 0 aliphatic heterocycles. The number of aryl methyl sites for hydroxylation is 1. The van der Waals surface area contributed by atoms with E-state index in [1.165, 1.54) is 0 Å². The maximum Gasteiger partial charge on any atom is 0.271 e. The summed E-state index contributed by atoms with van der Waals surface area (Å²) in [6.45, 7) is 4.63. The largest absolute Gasteiger partial charge is 0.370 e. The molecule has 2 heterocycles. The van der Waals surface area contributed by atoms with E-state index < -0.39 is 0 Å². The van der Waals surface area contributed by atoms with Gasteiger partial charge in [0, 0.05) is 37.2 Å². The van der Waals surface area contributed by atoms with Crippen LogP contribution in [-0.2, 0) is 0 Å². The first kappa shape index (κ1) is 16.1. The van der Waals surface area contributed by atoms with E-state index in [0.29, 0.717) is 12.2 Å². The van der Waals surface area contributed by atoms with Crippen molar-refractivity contribution in [1.82, 2.24) is 14.7 Å². The summed E-state index contributed by atoms with van der Waals surface area (Å²) in [6, 6.07) is 16.1. The Morgan fingerprint density at radius 3 is 2.67 bits per heavy atom. The van der Waals surface area contributed by atoms with Gasteiger partial charge in [-0.05, 0) is 38.1 Å². The average Bonchev–Trinajstić information content (AvgIpc) is 3.05. The van der Waals surface area contributed by atoms with Crippen molar-refractivity contribution in [3.05, 3.63) is 66.1 Å². The maximum atomic E-state index is 12.4. The van der Waals surface area contributed by atoms with Crippen LogP contribution in [0.5, 0.6) is 0 Å². The highest BCUT2D eigenvalue weighted by Gasteiger charge is 2.14. The Balaban J connectivity index is 1.65. The highest BCUT2D eigenvalue weighted by molar-refractivity contribution is 5.92. The summed E-state index contributed by atoms with van der Waals surface area (Å²) in [5.74, 6) is -0.147. The Morgan fingerprint density at radius 2 is 1.96 bits per heavy atom. The minimum absolute atomic E-state index is 0.147. The Bertz CT molecular complexity index is 841. The fourth-order valence-electron chi connectivity index (χ4n) is 2.64. The summed E-state index contributed by atoms with van der Waals surface area (Å²) >= 11 is 0. The van der Waals surface area contributed by atoms with Crippen molar-refractivity contribution >= 4 is 17.2 Å². The van der Waals surface area contributed by atoms with E-state index >= 15 is 0 Å². The van der Waals surface area contributed by atoms with Gasteiger partial charge in [-0.3, -0.25) is 4.79 Å². The minimum atomic E-state index is -0.147. The third kappa shape index (κ3) is 3.25. The minimum Gasteiger partial charge on any atom is -0.370 e. The van der Waals surface area contributed by atoms with Gasteiger partial charge in [-0.2, -0.15) is 0 Å². The van der Waals surface area contributed by atoms with E-state index in [-0.39, 0.29) is 11.9 Å². The van der Waals surface area contributed by atoms with Crippen LogP contribution in [-0.4, -0.2) is 34.9 Å². The second-order valence-corrected chi connectivity index (χ2v) is 6.03. The van der Waals surface area contributed by atoms with Crippen LogP contribution in [0.15, 0.2) is 54.7 Å². The van der Waals surface area contributed by atoms with Crippen molar-refractivity contribution in [2.45, 2.75) is 19.9 Å². The highest BCUT2D eigenvalue weighted by Crippen LogP contribution is 2.14. The fraction of sp³-hybridized carbons (Fsp3) is 0.263. The number of amides is 1. The second-order valence-electron chi connectivity index (χ2n) is 6.03. The van der Waals surface area contributed by atoms with E-state index in [2.05, 4.69) is 34.3 Å². The highest BCUT2D eigenvalue weighted by atomic mass is 16.1.